The van der Waals surface area contributed by atoms with Crippen LogP contribution < -0.4 is 4.90 Å². The molecule has 1 aromatic carbocycles. The van der Waals surface area contributed by atoms with Gasteiger partial charge in [-0.05, 0) is 26.3 Å². The summed E-state index contributed by atoms with van der Waals surface area (Å²) < 4.78 is 25.7. The van der Waals surface area contributed by atoms with E-state index < -0.39 is 9.84 Å². The third-order valence-electron chi connectivity index (χ3n) is 6.60. The number of aromatic amines is 1. The fourth-order valence-corrected chi connectivity index (χ4v) is 6.62. The zero-order valence-corrected chi connectivity index (χ0v) is 19.7. The number of benzene rings is 1. The number of piperazine rings is 1. The number of aryl methyl sites for hydroxylation is 1. The third kappa shape index (κ3) is 4.15. The van der Waals surface area contributed by atoms with Crippen molar-refractivity contribution >= 4 is 21.4 Å². The Bertz CT molecular complexity index is 1270. The van der Waals surface area contributed by atoms with Gasteiger partial charge in [0.25, 0.3) is 5.91 Å². The van der Waals surface area contributed by atoms with Gasteiger partial charge in [-0.3, -0.25) is 14.6 Å². The van der Waals surface area contributed by atoms with E-state index in [4.69, 9.17) is 0 Å². The van der Waals surface area contributed by atoms with Crippen LogP contribution in [0.5, 0.6) is 0 Å². The monoisotopic (exact) mass is 468 g/mol. The molecule has 1 atom stereocenters. The molecule has 0 saturated carbocycles. The van der Waals surface area contributed by atoms with Gasteiger partial charge < -0.3 is 9.80 Å². The van der Waals surface area contributed by atoms with Crippen molar-refractivity contribution in [1.29, 1.82) is 0 Å². The maximum Gasteiger partial charge on any atom is 0.272 e. The number of H-pyrrole nitrogens is 1. The normalized spacial score (nSPS) is 20.4. The fourth-order valence-electron chi connectivity index (χ4n) is 4.93. The molecule has 1 unspecified atom stereocenters. The van der Waals surface area contributed by atoms with Gasteiger partial charge in [0.15, 0.2) is 9.84 Å². The Balaban J connectivity index is 1.26. The van der Waals surface area contributed by atoms with Gasteiger partial charge in [-0.2, -0.15) is 10.2 Å². The van der Waals surface area contributed by atoms with Crippen molar-refractivity contribution in [2.45, 2.75) is 26.3 Å². The molecule has 10 heteroatoms. The number of nitrogens with zero attached hydrogens (tertiary/aromatic N) is 5. The Morgan fingerprint density at radius 2 is 1.82 bits per heavy atom. The standard InChI is InChI=1S/C23H28N6O3S/c1-16-22(17(2)29(26-16)19-8-13-33(31,32)15-19)27-9-11-28(12-10-27)23(30)21-14-20(24-25-21)18-6-4-3-5-7-18/h3-7,14,19H,8-13,15H2,1-2H3,(H,24,25). The van der Waals surface area contributed by atoms with Crippen LogP contribution in [0, 0.1) is 13.8 Å². The van der Waals surface area contributed by atoms with Gasteiger partial charge >= 0.3 is 0 Å². The van der Waals surface area contributed by atoms with Crippen LogP contribution in [0.1, 0.15) is 34.3 Å². The van der Waals surface area contributed by atoms with Gasteiger partial charge in [0.1, 0.15) is 5.69 Å². The molecule has 1 amide bonds. The van der Waals surface area contributed by atoms with Crippen LogP contribution in [0.2, 0.25) is 0 Å². The van der Waals surface area contributed by atoms with Gasteiger partial charge in [-0.1, -0.05) is 30.3 Å². The lowest BCUT2D eigenvalue weighted by Crippen LogP contribution is -2.49. The highest BCUT2D eigenvalue weighted by Crippen LogP contribution is 2.32. The van der Waals surface area contributed by atoms with E-state index in [2.05, 4.69) is 20.2 Å². The molecule has 2 aliphatic heterocycles. The molecular formula is C23H28N6O3S. The lowest BCUT2D eigenvalue weighted by atomic mass is 10.1. The van der Waals surface area contributed by atoms with Crippen LogP contribution >= 0.6 is 0 Å². The minimum absolute atomic E-state index is 0.0513. The van der Waals surface area contributed by atoms with Gasteiger partial charge in [0.2, 0.25) is 0 Å². The summed E-state index contributed by atoms with van der Waals surface area (Å²) in [7, 11) is -2.97. The van der Waals surface area contributed by atoms with Gasteiger partial charge in [0.05, 0.1) is 40.3 Å². The van der Waals surface area contributed by atoms with E-state index in [0.29, 0.717) is 38.3 Å². The average Bonchev–Trinajstić information content (AvgIpc) is 3.51. The van der Waals surface area contributed by atoms with Crippen molar-refractivity contribution < 1.29 is 13.2 Å². The summed E-state index contributed by atoms with van der Waals surface area (Å²) in [5.41, 5.74) is 5.16. The van der Waals surface area contributed by atoms with E-state index >= 15 is 0 Å². The molecule has 4 heterocycles. The third-order valence-corrected chi connectivity index (χ3v) is 8.35. The minimum Gasteiger partial charge on any atom is -0.365 e. The van der Waals surface area contributed by atoms with Crippen molar-refractivity contribution in [2.24, 2.45) is 0 Å². The van der Waals surface area contributed by atoms with Crippen molar-refractivity contribution in [3.05, 3.63) is 53.5 Å². The first kappa shape index (κ1) is 21.7. The molecular weight excluding hydrogens is 440 g/mol. The van der Waals surface area contributed by atoms with E-state index in [1.54, 1.807) is 6.07 Å². The highest BCUT2D eigenvalue weighted by Gasteiger charge is 2.33. The van der Waals surface area contributed by atoms with E-state index in [-0.39, 0.29) is 23.5 Å². The van der Waals surface area contributed by atoms with E-state index in [1.165, 1.54) is 0 Å². The zero-order valence-electron chi connectivity index (χ0n) is 18.9. The smallest absolute Gasteiger partial charge is 0.272 e. The molecule has 2 fully saturated rings. The molecule has 1 N–H and O–H groups in total. The summed E-state index contributed by atoms with van der Waals surface area (Å²) in [5.74, 6) is 0.335. The summed E-state index contributed by atoms with van der Waals surface area (Å²) in [6, 6.07) is 11.5. The summed E-state index contributed by atoms with van der Waals surface area (Å²) >= 11 is 0. The highest BCUT2D eigenvalue weighted by molar-refractivity contribution is 7.91. The molecule has 5 rings (SSSR count). The van der Waals surface area contributed by atoms with Crippen molar-refractivity contribution in [3.63, 3.8) is 0 Å². The summed E-state index contributed by atoms with van der Waals surface area (Å²) in [6.45, 7) is 6.56. The number of rotatable bonds is 4. The maximum atomic E-state index is 13.0. The number of amides is 1. The molecule has 2 aromatic heterocycles. The quantitative estimate of drug-likeness (QED) is 0.630. The summed E-state index contributed by atoms with van der Waals surface area (Å²) in [5, 5.41) is 11.9. The van der Waals surface area contributed by atoms with E-state index in [1.807, 2.05) is 53.8 Å². The second-order valence-corrected chi connectivity index (χ2v) is 11.1. The topological polar surface area (TPSA) is 104 Å². The van der Waals surface area contributed by atoms with Crippen molar-refractivity contribution in [1.82, 2.24) is 24.9 Å². The SMILES string of the molecule is Cc1nn(C2CCS(=O)(=O)C2)c(C)c1N1CCN(C(=O)c2cc(-c3ccccc3)n[nH]2)CC1. The Morgan fingerprint density at radius 3 is 2.48 bits per heavy atom. The summed E-state index contributed by atoms with van der Waals surface area (Å²) in [6.07, 6.45) is 0.612. The number of aromatic nitrogens is 4. The first-order valence-corrected chi connectivity index (χ1v) is 13.1. The van der Waals surface area contributed by atoms with Crippen molar-refractivity contribution in [2.75, 3.05) is 42.6 Å². The minimum atomic E-state index is -2.97. The predicted molar refractivity (Wildman–Crippen MR) is 126 cm³/mol. The molecule has 0 radical (unpaired) electrons. The second-order valence-electron chi connectivity index (χ2n) is 8.83. The zero-order chi connectivity index (χ0) is 23.2. The Hall–Kier alpha value is -3.14. The van der Waals surface area contributed by atoms with Crippen LogP contribution in [0.4, 0.5) is 5.69 Å². The van der Waals surface area contributed by atoms with Gasteiger partial charge in [-0.25, -0.2) is 8.42 Å². The molecule has 0 aliphatic carbocycles. The predicted octanol–water partition coefficient (Wildman–Crippen LogP) is 2.21. The number of carbonyl (C=O) groups excluding carboxylic acids is 1. The van der Waals surface area contributed by atoms with E-state index in [9.17, 15) is 13.2 Å². The average molecular weight is 469 g/mol. The first-order chi connectivity index (χ1) is 15.8. The number of hydrogen-bond acceptors (Lipinski definition) is 6. The molecule has 2 aliphatic rings. The summed E-state index contributed by atoms with van der Waals surface area (Å²) in [4.78, 5) is 17.1. The van der Waals surface area contributed by atoms with Crippen LogP contribution in [-0.2, 0) is 9.84 Å². The molecule has 3 aromatic rings. The molecule has 2 saturated heterocycles. The highest BCUT2D eigenvalue weighted by atomic mass is 32.2. The lowest BCUT2D eigenvalue weighted by molar-refractivity contribution is 0.0741. The second kappa shape index (κ2) is 8.33. The van der Waals surface area contributed by atoms with Gasteiger partial charge in [-0.15, -0.1) is 0 Å². The number of nitrogens with one attached hydrogen (secondary N) is 1. The molecule has 0 spiro atoms. The van der Waals surface area contributed by atoms with Crippen LogP contribution in [0.15, 0.2) is 36.4 Å². The molecule has 9 nitrogen and oxygen atoms in total. The molecule has 174 valence electrons. The van der Waals surface area contributed by atoms with E-state index in [0.717, 1.165) is 28.3 Å². The first-order valence-electron chi connectivity index (χ1n) is 11.2. The maximum absolute atomic E-state index is 13.0. The molecule has 0 bridgehead atoms. The number of carbonyl (C=O) groups is 1. The Morgan fingerprint density at radius 1 is 1.09 bits per heavy atom. The Labute approximate surface area is 193 Å². The van der Waals surface area contributed by atoms with Crippen LogP contribution in [-0.4, -0.2) is 76.9 Å². The van der Waals surface area contributed by atoms with Gasteiger partial charge in [0, 0.05) is 31.7 Å². The Kier molecular flexibility index (Phi) is 5.48. The number of sulfone groups is 1. The molecule has 33 heavy (non-hydrogen) atoms. The lowest BCUT2D eigenvalue weighted by Gasteiger charge is -2.36. The van der Waals surface area contributed by atoms with Crippen LogP contribution in [0.25, 0.3) is 11.3 Å². The van der Waals surface area contributed by atoms with Crippen molar-refractivity contribution in [3.8, 4) is 11.3 Å². The van der Waals surface area contributed by atoms with Crippen LogP contribution in [0.3, 0.4) is 0 Å². The number of anilines is 1. The number of hydrogen-bond donors (Lipinski definition) is 1. The fraction of sp³-hybridized carbons (Fsp3) is 0.435. The largest absolute Gasteiger partial charge is 0.365 e.